The van der Waals surface area contributed by atoms with Gasteiger partial charge in [-0.1, -0.05) is 6.07 Å². The average Bonchev–Trinajstić information content (AvgIpc) is 2.87. The van der Waals surface area contributed by atoms with Gasteiger partial charge in [0.2, 0.25) is 0 Å². The Labute approximate surface area is 154 Å². The van der Waals surface area contributed by atoms with Gasteiger partial charge in [0.1, 0.15) is 30.0 Å². The van der Waals surface area contributed by atoms with Gasteiger partial charge in [-0.2, -0.15) is 0 Å². The SMILES string of the molecule is COc1ccc2c(c1)CC(NC[C@H](O)COc1ccc(N)nc1)CCC2. The maximum Gasteiger partial charge on any atom is 0.137 e. The molecule has 0 bridgehead atoms. The summed E-state index contributed by atoms with van der Waals surface area (Å²) in [5, 5.41) is 13.7. The van der Waals surface area contributed by atoms with Crippen molar-refractivity contribution in [3.05, 3.63) is 47.7 Å². The van der Waals surface area contributed by atoms with Gasteiger partial charge in [-0.3, -0.25) is 0 Å². The van der Waals surface area contributed by atoms with Crippen LogP contribution in [0.25, 0.3) is 0 Å². The van der Waals surface area contributed by atoms with Gasteiger partial charge in [-0.25, -0.2) is 4.98 Å². The summed E-state index contributed by atoms with van der Waals surface area (Å²) >= 11 is 0. The standard InChI is InChI=1S/C20H27N3O3/c1-25-18-6-5-14-3-2-4-16(9-15(14)10-18)22-11-17(24)13-26-19-7-8-20(21)23-12-19/h5-8,10,12,16-17,22,24H,2-4,9,11,13H2,1H3,(H2,21,23)/t16?,17-/m0/s1. The molecule has 1 aliphatic rings. The van der Waals surface area contributed by atoms with Crippen LogP contribution >= 0.6 is 0 Å². The lowest BCUT2D eigenvalue weighted by Gasteiger charge is -2.20. The summed E-state index contributed by atoms with van der Waals surface area (Å²) < 4.78 is 10.9. The Hall–Kier alpha value is -2.31. The summed E-state index contributed by atoms with van der Waals surface area (Å²) in [6, 6.07) is 10.1. The summed E-state index contributed by atoms with van der Waals surface area (Å²) in [6.07, 6.45) is 5.24. The van der Waals surface area contributed by atoms with Crippen molar-refractivity contribution >= 4 is 5.82 Å². The van der Waals surface area contributed by atoms with Gasteiger partial charge in [-0.05, 0) is 61.1 Å². The summed E-state index contributed by atoms with van der Waals surface area (Å²) in [7, 11) is 1.70. The van der Waals surface area contributed by atoms with E-state index in [1.54, 1.807) is 25.4 Å². The van der Waals surface area contributed by atoms with Crippen LogP contribution in [0.15, 0.2) is 36.5 Å². The Morgan fingerprint density at radius 2 is 2.12 bits per heavy atom. The van der Waals surface area contributed by atoms with Gasteiger partial charge in [0.15, 0.2) is 0 Å². The molecule has 6 heteroatoms. The van der Waals surface area contributed by atoms with E-state index in [1.807, 2.05) is 6.07 Å². The molecule has 4 N–H and O–H groups in total. The van der Waals surface area contributed by atoms with E-state index in [0.717, 1.165) is 31.4 Å². The van der Waals surface area contributed by atoms with E-state index < -0.39 is 6.10 Å². The van der Waals surface area contributed by atoms with Crippen LogP contribution in [0.2, 0.25) is 0 Å². The molecule has 3 rings (SSSR count). The predicted octanol–water partition coefficient (Wildman–Crippen LogP) is 1.95. The van der Waals surface area contributed by atoms with Crippen LogP contribution in [0.1, 0.15) is 24.0 Å². The maximum atomic E-state index is 10.2. The minimum absolute atomic E-state index is 0.218. The molecule has 1 aromatic heterocycles. The number of nitrogens with one attached hydrogen (secondary N) is 1. The number of hydrogen-bond donors (Lipinski definition) is 3. The molecule has 0 fully saturated rings. The van der Waals surface area contributed by atoms with Gasteiger partial charge in [-0.15, -0.1) is 0 Å². The highest BCUT2D eigenvalue weighted by Crippen LogP contribution is 2.25. The Balaban J connectivity index is 1.48. The normalized spacial score (nSPS) is 17.8. The van der Waals surface area contributed by atoms with Crippen molar-refractivity contribution in [2.75, 3.05) is 26.0 Å². The monoisotopic (exact) mass is 357 g/mol. The number of rotatable bonds is 7. The van der Waals surface area contributed by atoms with Crippen LogP contribution in [0.4, 0.5) is 5.82 Å². The van der Waals surface area contributed by atoms with Crippen molar-refractivity contribution in [2.24, 2.45) is 0 Å². The number of nitrogens with zero attached hydrogens (tertiary/aromatic N) is 1. The number of aliphatic hydroxyl groups is 1. The Bertz CT molecular complexity index is 706. The first-order valence-corrected chi connectivity index (χ1v) is 9.05. The smallest absolute Gasteiger partial charge is 0.137 e. The summed E-state index contributed by atoms with van der Waals surface area (Å²) in [4.78, 5) is 3.97. The molecule has 1 aromatic carbocycles. The minimum Gasteiger partial charge on any atom is -0.497 e. The number of aromatic nitrogens is 1. The number of ether oxygens (including phenoxy) is 2. The number of nitrogen functional groups attached to an aromatic ring is 1. The average molecular weight is 357 g/mol. The Morgan fingerprint density at radius 3 is 2.88 bits per heavy atom. The van der Waals surface area contributed by atoms with Crippen molar-refractivity contribution in [3.63, 3.8) is 0 Å². The number of hydrogen-bond acceptors (Lipinski definition) is 6. The fourth-order valence-corrected chi connectivity index (χ4v) is 3.28. The van der Waals surface area contributed by atoms with Crippen LogP contribution in [-0.4, -0.2) is 42.5 Å². The molecule has 1 aliphatic carbocycles. The number of pyridine rings is 1. The zero-order chi connectivity index (χ0) is 18.4. The quantitative estimate of drug-likeness (QED) is 0.656. The minimum atomic E-state index is -0.583. The van der Waals surface area contributed by atoms with Crippen LogP contribution in [0.3, 0.4) is 0 Å². The largest absolute Gasteiger partial charge is 0.497 e. The summed E-state index contributed by atoms with van der Waals surface area (Å²) in [5.41, 5.74) is 8.27. The van der Waals surface area contributed by atoms with Crippen molar-refractivity contribution in [2.45, 2.75) is 37.8 Å². The predicted molar refractivity (Wildman–Crippen MR) is 102 cm³/mol. The fourth-order valence-electron chi connectivity index (χ4n) is 3.28. The molecule has 2 atom stereocenters. The second-order valence-corrected chi connectivity index (χ2v) is 6.72. The molecule has 26 heavy (non-hydrogen) atoms. The van der Waals surface area contributed by atoms with Crippen LogP contribution < -0.4 is 20.5 Å². The molecule has 0 saturated carbocycles. The third-order valence-electron chi connectivity index (χ3n) is 4.72. The zero-order valence-corrected chi connectivity index (χ0v) is 15.1. The van der Waals surface area contributed by atoms with E-state index in [-0.39, 0.29) is 6.61 Å². The van der Waals surface area contributed by atoms with Crippen LogP contribution in [0.5, 0.6) is 11.5 Å². The highest BCUT2D eigenvalue weighted by molar-refractivity contribution is 5.37. The Morgan fingerprint density at radius 1 is 1.27 bits per heavy atom. The molecule has 0 aliphatic heterocycles. The second kappa shape index (κ2) is 8.87. The lowest BCUT2D eigenvalue weighted by atomic mass is 10.0. The molecule has 1 heterocycles. The number of aliphatic hydroxyl groups excluding tert-OH is 1. The van der Waals surface area contributed by atoms with Gasteiger partial charge >= 0.3 is 0 Å². The molecular weight excluding hydrogens is 330 g/mol. The van der Waals surface area contributed by atoms with Crippen molar-refractivity contribution in [1.29, 1.82) is 0 Å². The first-order chi connectivity index (χ1) is 12.6. The molecule has 2 aromatic rings. The van der Waals surface area contributed by atoms with Crippen LogP contribution in [0, 0.1) is 0 Å². The fraction of sp³-hybridized carbons (Fsp3) is 0.450. The van der Waals surface area contributed by atoms with Gasteiger partial charge in [0, 0.05) is 12.6 Å². The molecular formula is C20H27N3O3. The van der Waals surface area contributed by atoms with E-state index in [9.17, 15) is 5.11 Å². The number of aryl methyl sites for hydroxylation is 1. The van der Waals surface area contributed by atoms with E-state index in [2.05, 4.69) is 22.4 Å². The maximum absolute atomic E-state index is 10.2. The number of fused-ring (bicyclic) bond motifs is 1. The number of benzene rings is 1. The third-order valence-corrected chi connectivity index (χ3v) is 4.72. The molecule has 0 amide bonds. The molecule has 1 unspecified atom stereocenters. The van der Waals surface area contributed by atoms with Gasteiger partial charge in [0.05, 0.1) is 13.3 Å². The summed E-state index contributed by atoms with van der Waals surface area (Å²) in [6.45, 7) is 0.710. The summed E-state index contributed by atoms with van der Waals surface area (Å²) in [5.74, 6) is 1.95. The molecule has 140 valence electrons. The molecule has 0 saturated heterocycles. The third kappa shape index (κ3) is 5.09. The number of nitrogens with two attached hydrogens (primary N) is 1. The molecule has 0 radical (unpaired) electrons. The first-order valence-electron chi connectivity index (χ1n) is 9.05. The van der Waals surface area contributed by atoms with E-state index >= 15 is 0 Å². The lowest BCUT2D eigenvalue weighted by Crippen LogP contribution is -2.39. The van der Waals surface area contributed by atoms with Crippen LogP contribution in [-0.2, 0) is 12.8 Å². The van der Waals surface area contributed by atoms with Crippen molar-refractivity contribution in [3.8, 4) is 11.5 Å². The highest BCUT2D eigenvalue weighted by Gasteiger charge is 2.18. The Kier molecular flexibility index (Phi) is 6.30. The lowest BCUT2D eigenvalue weighted by molar-refractivity contribution is 0.103. The second-order valence-electron chi connectivity index (χ2n) is 6.72. The van der Waals surface area contributed by atoms with E-state index in [1.165, 1.54) is 11.1 Å². The van der Waals surface area contributed by atoms with E-state index in [4.69, 9.17) is 15.2 Å². The number of anilines is 1. The van der Waals surface area contributed by atoms with Gasteiger partial charge < -0.3 is 25.6 Å². The van der Waals surface area contributed by atoms with Gasteiger partial charge in [0.25, 0.3) is 0 Å². The van der Waals surface area contributed by atoms with Crippen molar-refractivity contribution in [1.82, 2.24) is 10.3 Å². The first kappa shape index (κ1) is 18.5. The number of methoxy groups -OCH3 is 1. The van der Waals surface area contributed by atoms with Crippen molar-refractivity contribution < 1.29 is 14.6 Å². The van der Waals surface area contributed by atoms with E-state index in [0.29, 0.717) is 24.2 Å². The molecule has 6 nitrogen and oxygen atoms in total. The topological polar surface area (TPSA) is 89.6 Å². The zero-order valence-electron chi connectivity index (χ0n) is 15.1. The molecule has 0 spiro atoms. The highest BCUT2D eigenvalue weighted by atomic mass is 16.5.